The highest BCUT2D eigenvalue weighted by atomic mass is 28.1. The minimum atomic E-state index is -1.06. The third kappa shape index (κ3) is 9.02. The largest absolute Gasteiger partial charge is 0.481 e. The highest BCUT2D eigenvalue weighted by molar-refractivity contribution is 5.93. The molecule has 0 aromatic rings. The number of hydrogen-bond donors (Lipinski definition) is 1. The lowest BCUT2D eigenvalue weighted by Crippen LogP contribution is -2.00. The maximum absolute atomic E-state index is 9.87. The highest BCUT2D eigenvalue weighted by Crippen LogP contribution is 1.77. The molecule has 0 aromatic carbocycles. The molecule has 0 saturated heterocycles. The van der Waals surface area contributed by atoms with E-state index in [0.29, 0.717) is 0 Å². The van der Waals surface area contributed by atoms with E-state index in [2.05, 4.69) is 0 Å². The topological polar surface area (TPSA) is 54.4 Å². The number of ketones is 1. The quantitative estimate of drug-likeness (QED) is 0.373. The van der Waals surface area contributed by atoms with Crippen LogP contribution in [0.4, 0.5) is 0 Å². The Bertz CT molecular complexity index is 87.5. The van der Waals surface area contributed by atoms with Crippen molar-refractivity contribution >= 4 is 22.7 Å². The van der Waals surface area contributed by atoms with Crippen LogP contribution in [0, 0.1) is 0 Å². The number of carboxylic acid groups (broad SMARTS) is 1. The summed E-state index contributed by atoms with van der Waals surface area (Å²) >= 11 is 0. The molecule has 1 N–H and O–H groups in total. The summed E-state index contributed by atoms with van der Waals surface area (Å²) in [6.07, 6.45) is -0.361. The van der Waals surface area contributed by atoms with Crippen LogP contribution in [0.15, 0.2) is 0 Å². The van der Waals surface area contributed by atoms with E-state index in [4.69, 9.17) is 5.11 Å². The Morgan fingerprint density at radius 1 is 1.50 bits per heavy atom. The maximum Gasteiger partial charge on any atom is 0.310 e. The normalized spacial score (nSPS) is 7.12. The van der Waals surface area contributed by atoms with Crippen LogP contribution in [0.25, 0.3) is 0 Å². The number of carboxylic acids is 1. The van der Waals surface area contributed by atoms with E-state index in [9.17, 15) is 9.59 Å². The number of aliphatic carboxylic acids is 1. The van der Waals surface area contributed by atoms with Crippen LogP contribution in [0.5, 0.6) is 0 Å². The molecule has 0 aliphatic carbocycles. The molecule has 0 unspecified atom stereocenters. The van der Waals surface area contributed by atoms with Gasteiger partial charge in [0.05, 0.1) is 0 Å². The summed E-state index contributed by atoms with van der Waals surface area (Å²) in [6, 6.07) is 0. The number of rotatable bonds is 2. The SMILES string of the molecule is CC(=O)CC(=O)O.[SiH4]. The van der Waals surface area contributed by atoms with Crippen molar-refractivity contribution in [2.45, 2.75) is 13.3 Å². The minimum Gasteiger partial charge on any atom is -0.481 e. The first-order valence-electron chi connectivity index (χ1n) is 1.84. The summed E-state index contributed by atoms with van der Waals surface area (Å²) in [7, 11) is 0. The molecule has 0 spiro atoms. The van der Waals surface area contributed by atoms with E-state index in [0.717, 1.165) is 0 Å². The van der Waals surface area contributed by atoms with Gasteiger partial charge in [-0.1, -0.05) is 0 Å². The van der Waals surface area contributed by atoms with Gasteiger partial charge >= 0.3 is 5.97 Å². The zero-order valence-corrected chi connectivity index (χ0v) is 3.97. The van der Waals surface area contributed by atoms with Gasteiger partial charge in [-0.15, -0.1) is 0 Å². The van der Waals surface area contributed by atoms with E-state index in [1.165, 1.54) is 6.92 Å². The lowest BCUT2D eigenvalue weighted by atomic mass is 10.3. The van der Waals surface area contributed by atoms with Crippen LogP contribution in [0.2, 0.25) is 0 Å². The lowest BCUT2D eigenvalue weighted by Gasteiger charge is -1.80. The maximum atomic E-state index is 9.87. The average Bonchev–Trinajstić information content (AvgIpc) is 1.27. The van der Waals surface area contributed by atoms with Crippen LogP contribution in [-0.2, 0) is 9.59 Å². The fraction of sp³-hybridized carbons (Fsp3) is 0.500. The molecule has 0 aliphatic rings. The van der Waals surface area contributed by atoms with Crippen molar-refractivity contribution < 1.29 is 14.7 Å². The smallest absolute Gasteiger partial charge is 0.310 e. The standard InChI is InChI=1S/C4H6O3.H4Si/c1-3(5)2-4(6)7;/h2H2,1H3,(H,6,7);1H4. The van der Waals surface area contributed by atoms with Crippen molar-refractivity contribution in [1.29, 1.82) is 0 Å². The summed E-state index contributed by atoms with van der Waals surface area (Å²) in [5.41, 5.74) is 0. The Labute approximate surface area is 51.7 Å². The Hall–Kier alpha value is -0.643. The molecule has 0 amide bonds. The summed E-state index contributed by atoms with van der Waals surface area (Å²) in [6.45, 7) is 1.24. The van der Waals surface area contributed by atoms with Crippen molar-refractivity contribution in [2.75, 3.05) is 0 Å². The predicted octanol–water partition coefficient (Wildman–Crippen LogP) is -1.40. The molecule has 0 heterocycles. The third-order valence-corrected chi connectivity index (χ3v) is 0.400. The average molecular weight is 134 g/mol. The fourth-order valence-electron chi connectivity index (χ4n) is 0.213. The van der Waals surface area contributed by atoms with Gasteiger partial charge in [0, 0.05) is 0 Å². The summed E-state index contributed by atoms with van der Waals surface area (Å²) in [5, 5.41) is 7.86. The summed E-state index contributed by atoms with van der Waals surface area (Å²) in [4.78, 5) is 19.5. The van der Waals surface area contributed by atoms with Crippen molar-refractivity contribution in [1.82, 2.24) is 0 Å². The number of hydrogen-bond acceptors (Lipinski definition) is 2. The second-order valence-electron chi connectivity index (χ2n) is 1.27. The van der Waals surface area contributed by atoms with Gasteiger partial charge in [0.25, 0.3) is 0 Å². The zero-order chi connectivity index (χ0) is 5.86. The van der Waals surface area contributed by atoms with Gasteiger partial charge in [-0.2, -0.15) is 0 Å². The van der Waals surface area contributed by atoms with Crippen LogP contribution in [-0.4, -0.2) is 27.8 Å². The Balaban J connectivity index is 0. The van der Waals surface area contributed by atoms with Gasteiger partial charge in [-0.3, -0.25) is 9.59 Å². The van der Waals surface area contributed by atoms with E-state index in [-0.39, 0.29) is 23.2 Å². The molecule has 0 rings (SSSR count). The second-order valence-corrected chi connectivity index (χ2v) is 1.27. The molecule has 0 atom stereocenters. The molecular formula is C4H10O3Si. The molecule has 0 bridgehead atoms. The van der Waals surface area contributed by atoms with Gasteiger partial charge < -0.3 is 5.11 Å². The van der Waals surface area contributed by atoms with E-state index in [1.807, 2.05) is 0 Å². The van der Waals surface area contributed by atoms with Crippen LogP contribution in [0.1, 0.15) is 13.3 Å². The third-order valence-electron chi connectivity index (χ3n) is 0.400. The van der Waals surface area contributed by atoms with Crippen LogP contribution in [0.3, 0.4) is 0 Å². The molecular weight excluding hydrogens is 124 g/mol. The van der Waals surface area contributed by atoms with Gasteiger partial charge in [0.15, 0.2) is 0 Å². The minimum absolute atomic E-state index is 0. The van der Waals surface area contributed by atoms with E-state index < -0.39 is 5.97 Å². The number of carbonyl (C=O) groups excluding carboxylic acids is 1. The number of Topliss-reactive ketones (excluding diaryl/α,β-unsaturated/α-hetero) is 1. The van der Waals surface area contributed by atoms with Crippen molar-refractivity contribution in [3.05, 3.63) is 0 Å². The van der Waals surface area contributed by atoms with Crippen molar-refractivity contribution in [2.24, 2.45) is 0 Å². The molecule has 0 radical (unpaired) electrons. The summed E-state index contributed by atoms with van der Waals surface area (Å²) < 4.78 is 0. The lowest BCUT2D eigenvalue weighted by molar-refractivity contribution is -0.139. The van der Waals surface area contributed by atoms with Gasteiger partial charge in [-0.05, 0) is 17.9 Å². The Morgan fingerprint density at radius 2 is 1.88 bits per heavy atom. The number of carbonyl (C=O) groups is 2. The first kappa shape index (κ1) is 10.4. The van der Waals surface area contributed by atoms with E-state index >= 15 is 0 Å². The van der Waals surface area contributed by atoms with E-state index in [1.54, 1.807) is 0 Å². The monoisotopic (exact) mass is 134 g/mol. The van der Waals surface area contributed by atoms with Crippen molar-refractivity contribution in [3.63, 3.8) is 0 Å². The second kappa shape index (κ2) is 4.51. The fourth-order valence-corrected chi connectivity index (χ4v) is 0.213. The first-order chi connectivity index (χ1) is 3.13. The van der Waals surface area contributed by atoms with Crippen LogP contribution < -0.4 is 0 Å². The molecule has 0 aliphatic heterocycles. The Morgan fingerprint density at radius 3 is 1.88 bits per heavy atom. The predicted molar refractivity (Wildman–Crippen MR) is 34.3 cm³/mol. The van der Waals surface area contributed by atoms with Crippen LogP contribution >= 0.6 is 0 Å². The molecule has 0 aromatic heterocycles. The first-order valence-corrected chi connectivity index (χ1v) is 1.84. The van der Waals surface area contributed by atoms with Gasteiger partial charge in [0.2, 0.25) is 0 Å². The molecule has 8 heavy (non-hydrogen) atoms. The van der Waals surface area contributed by atoms with Gasteiger partial charge in [-0.25, -0.2) is 0 Å². The van der Waals surface area contributed by atoms with Crippen molar-refractivity contribution in [3.8, 4) is 0 Å². The summed E-state index contributed by atoms with van der Waals surface area (Å²) in [5.74, 6) is -1.37. The molecule has 0 fully saturated rings. The Kier molecular flexibility index (Phi) is 5.85. The molecule has 0 saturated carbocycles. The molecule has 4 heteroatoms. The molecule has 3 nitrogen and oxygen atoms in total. The molecule has 48 valence electrons. The highest BCUT2D eigenvalue weighted by Gasteiger charge is 1.98. The van der Waals surface area contributed by atoms with Gasteiger partial charge in [0.1, 0.15) is 12.2 Å². The zero-order valence-electron chi connectivity index (χ0n) is 3.97.